The van der Waals surface area contributed by atoms with E-state index in [1.165, 1.54) is 57.8 Å². The summed E-state index contributed by atoms with van der Waals surface area (Å²) in [6.07, 6.45) is 18.6. The summed E-state index contributed by atoms with van der Waals surface area (Å²) in [6, 6.07) is 0. The van der Waals surface area contributed by atoms with Crippen molar-refractivity contribution in [3.63, 3.8) is 0 Å². The molecule has 0 aromatic heterocycles. The van der Waals surface area contributed by atoms with Crippen LogP contribution in [0.5, 0.6) is 0 Å². The lowest BCUT2D eigenvalue weighted by Crippen LogP contribution is -2.38. The Labute approximate surface area is 105 Å². The second-order valence-corrected chi connectivity index (χ2v) is 6.91. The number of hydrogen-bond donors (Lipinski definition) is 0. The quantitative estimate of drug-likeness (QED) is 0.543. The van der Waals surface area contributed by atoms with Crippen molar-refractivity contribution in [1.29, 1.82) is 0 Å². The van der Waals surface area contributed by atoms with Gasteiger partial charge in [-0.25, -0.2) is 5.11 Å². The lowest BCUT2D eigenvalue weighted by Gasteiger charge is -2.49. The zero-order chi connectivity index (χ0) is 11.8. The highest BCUT2D eigenvalue weighted by Crippen LogP contribution is 2.55. The average Bonchev–Trinajstić information content (AvgIpc) is 2.38. The fraction of sp³-hybridized carbons (Fsp3) is 0.875. The predicted molar refractivity (Wildman–Crippen MR) is 69.3 cm³/mol. The average molecular weight is 233 g/mol. The molecule has 0 heterocycles. The zero-order valence-electron chi connectivity index (χ0n) is 10.9. The Hall–Kier alpha value is -0.300. The minimum absolute atomic E-state index is 0.242. The highest BCUT2D eigenvalue weighted by Gasteiger charge is 2.43. The molecule has 17 heavy (non-hydrogen) atoms. The molecule has 3 rings (SSSR count). The molecule has 2 fully saturated rings. The zero-order valence-corrected chi connectivity index (χ0v) is 10.9. The van der Waals surface area contributed by atoms with Gasteiger partial charge in [-0.2, -0.15) is 0 Å². The standard InChI is InChI=1S/C16H25O/c17-14-4-8-16(9-5-14)12-10-15(11-13-16)6-2-1-3-7-15/h1-2,14H,3-13H2. The molecule has 1 nitrogen and oxygen atoms in total. The first kappa shape index (κ1) is 11.8. The molecule has 1 radical (unpaired) electrons. The summed E-state index contributed by atoms with van der Waals surface area (Å²) < 4.78 is 0. The van der Waals surface area contributed by atoms with Crippen molar-refractivity contribution in [2.75, 3.05) is 0 Å². The van der Waals surface area contributed by atoms with Gasteiger partial charge in [-0.15, -0.1) is 0 Å². The molecule has 0 N–H and O–H groups in total. The maximum Gasteiger partial charge on any atom is 0.0930 e. The number of rotatable bonds is 0. The summed E-state index contributed by atoms with van der Waals surface area (Å²) in [7, 11) is 0. The van der Waals surface area contributed by atoms with Crippen LogP contribution in [-0.4, -0.2) is 6.10 Å². The Bertz CT molecular complexity index is 287. The first-order valence-corrected chi connectivity index (χ1v) is 7.53. The van der Waals surface area contributed by atoms with Crippen LogP contribution in [0, 0.1) is 10.8 Å². The topological polar surface area (TPSA) is 19.9 Å². The third-order valence-electron chi connectivity index (χ3n) is 5.92. The highest BCUT2D eigenvalue weighted by atomic mass is 16.3. The Morgan fingerprint density at radius 2 is 1.41 bits per heavy atom. The summed E-state index contributed by atoms with van der Waals surface area (Å²) in [6.45, 7) is 0. The van der Waals surface area contributed by atoms with E-state index in [0.29, 0.717) is 10.8 Å². The van der Waals surface area contributed by atoms with Crippen LogP contribution in [0.1, 0.15) is 70.6 Å². The van der Waals surface area contributed by atoms with Crippen molar-refractivity contribution in [3.05, 3.63) is 12.2 Å². The third-order valence-corrected chi connectivity index (χ3v) is 5.92. The van der Waals surface area contributed by atoms with E-state index in [1.807, 2.05) is 0 Å². The third kappa shape index (κ3) is 2.31. The minimum Gasteiger partial charge on any atom is -0.233 e. The van der Waals surface area contributed by atoms with Gasteiger partial charge in [-0.1, -0.05) is 12.2 Å². The molecule has 0 atom stereocenters. The molecule has 0 amide bonds. The van der Waals surface area contributed by atoms with Gasteiger partial charge in [0.1, 0.15) is 0 Å². The van der Waals surface area contributed by atoms with E-state index in [9.17, 15) is 5.11 Å². The second-order valence-electron chi connectivity index (χ2n) is 6.91. The molecule has 0 aliphatic heterocycles. The van der Waals surface area contributed by atoms with E-state index >= 15 is 0 Å². The van der Waals surface area contributed by atoms with Crippen molar-refractivity contribution in [2.24, 2.45) is 10.8 Å². The number of allylic oxidation sites excluding steroid dienone is 2. The van der Waals surface area contributed by atoms with Crippen LogP contribution in [-0.2, 0) is 5.11 Å². The maximum atomic E-state index is 11.5. The van der Waals surface area contributed by atoms with Gasteiger partial charge in [0.25, 0.3) is 0 Å². The summed E-state index contributed by atoms with van der Waals surface area (Å²) in [5.74, 6) is 0. The van der Waals surface area contributed by atoms with Gasteiger partial charge in [-0.05, 0) is 81.5 Å². The van der Waals surface area contributed by atoms with E-state index in [-0.39, 0.29) is 6.10 Å². The molecule has 3 aliphatic rings. The Kier molecular flexibility index (Phi) is 3.06. The van der Waals surface area contributed by atoms with Crippen LogP contribution in [0.3, 0.4) is 0 Å². The van der Waals surface area contributed by atoms with E-state index in [0.717, 1.165) is 12.8 Å². The number of hydrogen-bond acceptors (Lipinski definition) is 0. The van der Waals surface area contributed by atoms with E-state index in [4.69, 9.17) is 0 Å². The second kappa shape index (κ2) is 4.42. The predicted octanol–water partition coefficient (Wildman–Crippen LogP) is 4.65. The largest absolute Gasteiger partial charge is 0.233 e. The van der Waals surface area contributed by atoms with Crippen molar-refractivity contribution >= 4 is 0 Å². The molecule has 0 unspecified atom stereocenters. The molecular weight excluding hydrogens is 208 g/mol. The molecule has 0 aromatic rings. The van der Waals surface area contributed by atoms with Gasteiger partial charge in [0.05, 0.1) is 6.10 Å². The van der Waals surface area contributed by atoms with E-state index in [1.54, 1.807) is 0 Å². The molecular formula is C16H25O. The Balaban J connectivity index is 1.61. The fourth-order valence-corrected chi connectivity index (χ4v) is 4.41. The van der Waals surface area contributed by atoms with E-state index < -0.39 is 0 Å². The van der Waals surface area contributed by atoms with Gasteiger partial charge < -0.3 is 0 Å². The summed E-state index contributed by atoms with van der Waals surface area (Å²) >= 11 is 0. The van der Waals surface area contributed by atoms with Crippen LogP contribution < -0.4 is 0 Å². The first-order chi connectivity index (χ1) is 8.22. The lowest BCUT2D eigenvalue weighted by molar-refractivity contribution is -0.0221. The fourth-order valence-electron chi connectivity index (χ4n) is 4.41. The van der Waals surface area contributed by atoms with Crippen LogP contribution in [0.25, 0.3) is 0 Å². The van der Waals surface area contributed by atoms with Crippen molar-refractivity contribution in [3.8, 4) is 0 Å². The van der Waals surface area contributed by atoms with Gasteiger partial charge in [0.2, 0.25) is 0 Å². The monoisotopic (exact) mass is 233 g/mol. The molecule has 0 bridgehead atoms. The molecule has 3 aliphatic carbocycles. The van der Waals surface area contributed by atoms with Crippen molar-refractivity contribution in [2.45, 2.75) is 76.7 Å². The summed E-state index contributed by atoms with van der Waals surface area (Å²) in [4.78, 5) is 0. The molecule has 2 saturated carbocycles. The minimum atomic E-state index is -0.242. The van der Waals surface area contributed by atoms with Crippen LogP contribution >= 0.6 is 0 Å². The van der Waals surface area contributed by atoms with Crippen LogP contribution in [0.2, 0.25) is 0 Å². The van der Waals surface area contributed by atoms with Gasteiger partial charge in [0.15, 0.2) is 0 Å². The van der Waals surface area contributed by atoms with E-state index in [2.05, 4.69) is 12.2 Å². The lowest BCUT2D eigenvalue weighted by atomic mass is 9.56. The normalized spacial score (nSPS) is 46.5. The van der Waals surface area contributed by atoms with Gasteiger partial charge in [-0.3, -0.25) is 0 Å². The maximum absolute atomic E-state index is 11.5. The summed E-state index contributed by atoms with van der Waals surface area (Å²) in [5, 5.41) is 11.5. The Morgan fingerprint density at radius 3 is 2.00 bits per heavy atom. The molecule has 0 aromatic carbocycles. The van der Waals surface area contributed by atoms with Crippen LogP contribution in [0.15, 0.2) is 12.2 Å². The van der Waals surface area contributed by atoms with Crippen molar-refractivity contribution in [1.82, 2.24) is 0 Å². The Morgan fingerprint density at radius 1 is 0.765 bits per heavy atom. The smallest absolute Gasteiger partial charge is 0.0930 e. The SMILES string of the molecule is [O]C1CCC2(CC1)CCC1(CC=CCC1)CC2. The molecule has 1 heteroatoms. The van der Waals surface area contributed by atoms with Gasteiger partial charge >= 0.3 is 0 Å². The molecule has 2 spiro atoms. The highest BCUT2D eigenvalue weighted by molar-refractivity contribution is 5.02. The van der Waals surface area contributed by atoms with Crippen molar-refractivity contribution < 1.29 is 5.11 Å². The molecule has 0 saturated heterocycles. The van der Waals surface area contributed by atoms with Gasteiger partial charge in [0, 0.05) is 0 Å². The summed E-state index contributed by atoms with van der Waals surface area (Å²) in [5.41, 5.74) is 1.25. The first-order valence-electron chi connectivity index (χ1n) is 7.53. The van der Waals surface area contributed by atoms with Crippen LogP contribution in [0.4, 0.5) is 0 Å². The molecule has 95 valence electrons.